The van der Waals surface area contributed by atoms with Crippen molar-refractivity contribution in [3.05, 3.63) is 67.9 Å². The fraction of sp³-hybridized carbons (Fsp3) is 0.0588. The molecule has 0 amide bonds. The van der Waals surface area contributed by atoms with Gasteiger partial charge in [0.15, 0.2) is 5.76 Å². The second-order valence-electron chi connectivity index (χ2n) is 4.90. The molecule has 2 aromatic heterocycles. The van der Waals surface area contributed by atoms with Gasteiger partial charge in [0.2, 0.25) is 4.80 Å². The van der Waals surface area contributed by atoms with Gasteiger partial charge in [-0.2, -0.15) is 5.10 Å². The van der Waals surface area contributed by atoms with Crippen molar-refractivity contribution in [2.24, 2.45) is 10.1 Å². The van der Waals surface area contributed by atoms with Crippen molar-refractivity contribution in [3.8, 4) is 17.2 Å². The topological polar surface area (TPSA) is 63.0 Å². The SMILES string of the molecule is C=CCN=c1scc(-c2ccco2)n1N=Cc1cc(Br)c(O)c(Br)c1. The predicted molar refractivity (Wildman–Crippen MR) is 107 cm³/mol. The third kappa shape index (κ3) is 4.02. The van der Waals surface area contributed by atoms with E-state index in [1.807, 2.05) is 17.5 Å². The summed E-state index contributed by atoms with van der Waals surface area (Å²) in [5.74, 6) is 0.861. The Balaban J connectivity index is 2.06. The van der Waals surface area contributed by atoms with E-state index >= 15 is 0 Å². The molecular weight excluding hydrogens is 470 g/mol. The molecule has 0 aliphatic heterocycles. The molecule has 0 aliphatic rings. The highest BCUT2D eigenvalue weighted by Gasteiger charge is 2.10. The van der Waals surface area contributed by atoms with Gasteiger partial charge in [0, 0.05) is 5.38 Å². The number of aromatic hydroxyl groups is 1. The van der Waals surface area contributed by atoms with E-state index in [4.69, 9.17) is 4.42 Å². The zero-order valence-electron chi connectivity index (χ0n) is 12.9. The van der Waals surface area contributed by atoms with Gasteiger partial charge in [0.05, 0.1) is 28.0 Å². The lowest BCUT2D eigenvalue weighted by Crippen LogP contribution is -2.12. The number of benzene rings is 1. The Bertz CT molecular complexity index is 965. The van der Waals surface area contributed by atoms with Crippen molar-refractivity contribution in [3.63, 3.8) is 0 Å². The van der Waals surface area contributed by atoms with E-state index < -0.39 is 0 Å². The van der Waals surface area contributed by atoms with Crippen molar-refractivity contribution >= 4 is 49.4 Å². The molecule has 0 unspecified atom stereocenters. The van der Waals surface area contributed by atoms with E-state index in [0.717, 1.165) is 16.1 Å². The van der Waals surface area contributed by atoms with Gasteiger partial charge < -0.3 is 9.52 Å². The minimum absolute atomic E-state index is 0.151. The van der Waals surface area contributed by atoms with Crippen LogP contribution in [0, 0.1) is 0 Å². The number of phenols is 1. The monoisotopic (exact) mass is 481 g/mol. The Labute approximate surface area is 164 Å². The Morgan fingerprint density at radius 2 is 2.08 bits per heavy atom. The number of halogens is 2. The maximum absolute atomic E-state index is 9.81. The highest BCUT2D eigenvalue weighted by molar-refractivity contribution is 9.11. The molecule has 0 radical (unpaired) electrons. The average molecular weight is 483 g/mol. The summed E-state index contributed by atoms with van der Waals surface area (Å²) < 4.78 is 8.38. The highest BCUT2D eigenvalue weighted by Crippen LogP contribution is 2.32. The van der Waals surface area contributed by atoms with Crippen LogP contribution < -0.4 is 4.80 Å². The van der Waals surface area contributed by atoms with Crippen molar-refractivity contribution in [1.29, 1.82) is 0 Å². The molecule has 128 valence electrons. The Morgan fingerprint density at radius 1 is 1.32 bits per heavy atom. The van der Waals surface area contributed by atoms with Gasteiger partial charge in [0.1, 0.15) is 11.4 Å². The normalized spacial score (nSPS) is 12.2. The first-order valence-electron chi connectivity index (χ1n) is 7.18. The largest absolute Gasteiger partial charge is 0.506 e. The molecular formula is C17H13Br2N3O2S. The molecule has 25 heavy (non-hydrogen) atoms. The van der Waals surface area contributed by atoms with E-state index in [2.05, 4.69) is 48.5 Å². The third-order valence-electron chi connectivity index (χ3n) is 3.18. The molecule has 0 fully saturated rings. The molecule has 3 aromatic rings. The minimum atomic E-state index is 0.151. The fourth-order valence-corrected chi connectivity index (χ4v) is 4.09. The second-order valence-corrected chi connectivity index (χ2v) is 7.44. The van der Waals surface area contributed by atoms with Crippen LogP contribution in [0.1, 0.15) is 5.56 Å². The van der Waals surface area contributed by atoms with E-state index in [9.17, 15) is 5.11 Å². The van der Waals surface area contributed by atoms with Crippen molar-refractivity contribution in [1.82, 2.24) is 4.68 Å². The van der Waals surface area contributed by atoms with Crippen LogP contribution in [0.3, 0.4) is 0 Å². The number of thiazole rings is 1. The predicted octanol–water partition coefficient (Wildman–Crippen LogP) is 5.01. The molecule has 8 heteroatoms. The number of aromatic nitrogens is 1. The lowest BCUT2D eigenvalue weighted by atomic mass is 10.2. The molecule has 1 aromatic carbocycles. The molecule has 0 atom stereocenters. The quantitative estimate of drug-likeness (QED) is 0.410. The van der Waals surface area contributed by atoms with Crippen LogP contribution in [0.2, 0.25) is 0 Å². The first kappa shape index (κ1) is 17.9. The fourth-order valence-electron chi connectivity index (χ4n) is 2.04. The van der Waals surface area contributed by atoms with Gasteiger partial charge in [-0.3, -0.25) is 4.99 Å². The molecule has 0 saturated carbocycles. The standard InChI is InChI=1S/C17H13Br2N3O2S/c1-2-5-20-17-22(14(10-25-17)15-4-3-6-24-15)21-9-11-7-12(18)16(23)13(19)8-11/h2-4,6-10,23H,1,5H2. The van der Waals surface area contributed by atoms with E-state index in [1.165, 1.54) is 11.3 Å². The average Bonchev–Trinajstić information content (AvgIpc) is 3.25. The van der Waals surface area contributed by atoms with E-state index in [-0.39, 0.29) is 5.75 Å². The first-order chi connectivity index (χ1) is 12.1. The summed E-state index contributed by atoms with van der Waals surface area (Å²) in [6.45, 7) is 4.20. The van der Waals surface area contributed by atoms with Crippen LogP contribution in [0.25, 0.3) is 11.5 Å². The Morgan fingerprint density at radius 3 is 2.72 bits per heavy atom. The summed E-state index contributed by atoms with van der Waals surface area (Å²) in [5.41, 5.74) is 1.63. The van der Waals surface area contributed by atoms with Gasteiger partial charge in [-0.15, -0.1) is 17.9 Å². The summed E-state index contributed by atoms with van der Waals surface area (Å²) in [6, 6.07) is 7.27. The van der Waals surface area contributed by atoms with Gasteiger partial charge in [0.25, 0.3) is 0 Å². The van der Waals surface area contributed by atoms with Crippen molar-refractivity contribution in [2.75, 3.05) is 6.54 Å². The third-order valence-corrected chi connectivity index (χ3v) is 5.24. The molecule has 1 N–H and O–H groups in total. The number of rotatable bonds is 5. The minimum Gasteiger partial charge on any atom is -0.506 e. The number of nitrogens with zero attached hydrogens (tertiary/aromatic N) is 3. The molecule has 5 nitrogen and oxygen atoms in total. The highest BCUT2D eigenvalue weighted by atomic mass is 79.9. The van der Waals surface area contributed by atoms with Gasteiger partial charge >= 0.3 is 0 Å². The molecule has 0 aliphatic carbocycles. The molecule has 3 rings (SSSR count). The Hall–Kier alpha value is -1.90. The zero-order valence-corrected chi connectivity index (χ0v) is 16.9. The molecule has 2 heterocycles. The van der Waals surface area contributed by atoms with Crippen LogP contribution in [0.5, 0.6) is 5.75 Å². The van der Waals surface area contributed by atoms with Gasteiger partial charge in [-0.05, 0) is 61.7 Å². The van der Waals surface area contributed by atoms with Gasteiger partial charge in [-0.25, -0.2) is 4.68 Å². The van der Waals surface area contributed by atoms with E-state index in [0.29, 0.717) is 21.3 Å². The van der Waals surface area contributed by atoms with Crippen LogP contribution in [0.4, 0.5) is 0 Å². The van der Waals surface area contributed by atoms with Gasteiger partial charge in [-0.1, -0.05) is 6.08 Å². The van der Waals surface area contributed by atoms with Crippen LogP contribution in [-0.2, 0) is 0 Å². The van der Waals surface area contributed by atoms with Crippen LogP contribution in [0.15, 0.2) is 72.0 Å². The second kappa shape index (κ2) is 7.99. The smallest absolute Gasteiger partial charge is 0.206 e. The first-order valence-corrected chi connectivity index (χ1v) is 9.65. The zero-order chi connectivity index (χ0) is 17.8. The van der Waals surface area contributed by atoms with E-state index in [1.54, 1.807) is 35.4 Å². The number of hydrogen-bond donors (Lipinski definition) is 1. The summed E-state index contributed by atoms with van der Waals surface area (Å²) in [4.78, 5) is 5.20. The van der Waals surface area contributed by atoms with Crippen LogP contribution in [-0.4, -0.2) is 22.5 Å². The number of phenolic OH excluding ortho intramolecular Hbond substituents is 1. The lowest BCUT2D eigenvalue weighted by molar-refractivity contribution is 0.468. The molecule has 0 spiro atoms. The van der Waals surface area contributed by atoms with Crippen molar-refractivity contribution in [2.45, 2.75) is 0 Å². The number of hydrogen-bond acceptors (Lipinski definition) is 5. The molecule has 0 saturated heterocycles. The maximum Gasteiger partial charge on any atom is 0.206 e. The van der Waals surface area contributed by atoms with Crippen molar-refractivity contribution < 1.29 is 9.52 Å². The summed E-state index contributed by atoms with van der Waals surface area (Å²) in [7, 11) is 0. The number of furan rings is 1. The summed E-state index contributed by atoms with van der Waals surface area (Å²) >= 11 is 8.11. The van der Waals surface area contributed by atoms with Crippen LogP contribution >= 0.6 is 43.2 Å². The maximum atomic E-state index is 9.81. The lowest BCUT2D eigenvalue weighted by Gasteiger charge is -2.03. The molecule has 0 bridgehead atoms. The Kier molecular flexibility index (Phi) is 5.72. The summed E-state index contributed by atoms with van der Waals surface area (Å²) in [5, 5.41) is 16.3. The summed E-state index contributed by atoms with van der Waals surface area (Å²) in [6.07, 6.45) is 5.05.